The van der Waals surface area contributed by atoms with Gasteiger partial charge in [0.1, 0.15) is 10.8 Å². The average Bonchev–Trinajstić information content (AvgIpc) is 3.34. The van der Waals surface area contributed by atoms with Crippen molar-refractivity contribution in [1.82, 2.24) is 28.8 Å². The van der Waals surface area contributed by atoms with Crippen LogP contribution in [0, 0.1) is 17.2 Å². The Morgan fingerprint density at radius 2 is 1.92 bits per heavy atom. The number of aliphatic hydroxyl groups excluding tert-OH is 1. The molecule has 38 heavy (non-hydrogen) atoms. The van der Waals surface area contributed by atoms with Gasteiger partial charge in [-0.05, 0) is 37.8 Å². The van der Waals surface area contributed by atoms with E-state index in [2.05, 4.69) is 26.5 Å². The monoisotopic (exact) mass is 555 g/mol. The van der Waals surface area contributed by atoms with Crippen molar-refractivity contribution in [3.05, 3.63) is 29.3 Å². The molecule has 3 saturated heterocycles. The Balaban J connectivity index is 1.26. The lowest BCUT2D eigenvalue weighted by Crippen LogP contribution is -2.64. The fourth-order valence-electron chi connectivity index (χ4n) is 5.79. The summed E-state index contributed by atoms with van der Waals surface area (Å²) in [6.45, 7) is 0.395. The topological polar surface area (TPSA) is 151 Å². The predicted octanol–water partition coefficient (Wildman–Crippen LogP) is 2.24. The summed E-state index contributed by atoms with van der Waals surface area (Å²) in [6, 6.07) is 9.80. The van der Waals surface area contributed by atoms with Crippen LogP contribution in [0.4, 0.5) is 16.9 Å². The van der Waals surface area contributed by atoms with E-state index in [1.165, 1.54) is 15.6 Å². The first kappa shape index (κ1) is 25.3. The Hall–Kier alpha value is -2.96. The first-order chi connectivity index (χ1) is 18.4. The molecule has 3 aromatic rings. The molecule has 3 fully saturated rings. The molecule has 0 aliphatic carbocycles. The minimum Gasteiger partial charge on any atom is -0.389 e. The second-order valence-electron chi connectivity index (χ2n) is 10.1. The quantitative estimate of drug-likeness (QED) is 0.444. The second-order valence-corrected chi connectivity index (χ2v) is 13.0. The van der Waals surface area contributed by atoms with Crippen LogP contribution in [0.25, 0.3) is 10.9 Å². The Labute approximate surface area is 225 Å². The molecule has 0 saturated carbocycles. The minimum absolute atomic E-state index is 0.0801. The maximum absolute atomic E-state index is 13.4. The third-order valence-electron chi connectivity index (χ3n) is 7.79. The first-order valence-corrected chi connectivity index (χ1v) is 15.0. The Kier molecular flexibility index (Phi) is 6.65. The normalized spacial score (nSPS) is 24.6. The van der Waals surface area contributed by atoms with Crippen LogP contribution in [0.1, 0.15) is 37.1 Å². The van der Waals surface area contributed by atoms with E-state index in [4.69, 9.17) is 15.2 Å². The van der Waals surface area contributed by atoms with Gasteiger partial charge in [0.05, 0.1) is 24.1 Å². The Morgan fingerprint density at radius 3 is 2.61 bits per heavy atom. The number of nitrogens with zero attached hydrogens (tertiary/aromatic N) is 8. The highest BCUT2D eigenvalue weighted by Crippen LogP contribution is 2.40. The summed E-state index contributed by atoms with van der Waals surface area (Å²) in [5.74, 6) is 0.941. The molecular weight excluding hydrogens is 526 g/mol. The van der Waals surface area contributed by atoms with Crippen molar-refractivity contribution < 1.29 is 13.5 Å². The van der Waals surface area contributed by atoms with Gasteiger partial charge >= 0.3 is 0 Å². The van der Waals surface area contributed by atoms with Crippen LogP contribution in [0.3, 0.4) is 0 Å². The Morgan fingerprint density at radius 1 is 1.18 bits per heavy atom. The van der Waals surface area contributed by atoms with Crippen LogP contribution < -0.4 is 10.2 Å². The molecule has 0 spiro atoms. The van der Waals surface area contributed by atoms with Crippen molar-refractivity contribution in [3.63, 3.8) is 0 Å². The van der Waals surface area contributed by atoms with Crippen molar-refractivity contribution in [2.45, 2.75) is 56.8 Å². The third-order valence-corrected chi connectivity index (χ3v) is 10.7. The van der Waals surface area contributed by atoms with E-state index < -0.39 is 10.2 Å². The number of nitriles is 1. The molecule has 5 heterocycles. The lowest BCUT2D eigenvalue weighted by Gasteiger charge is -2.51. The van der Waals surface area contributed by atoms with E-state index >= 15 is 0 Å². The molecule has 1 aromatic carbocycles. The fourth-order valence-corrected chi connectivity index (χ4v) is 8.53. The van der Waals surface area contributed by atoms with E-state index in [0.717, 1.165) is 30.2 Å². The lowest BCUT2D eigenvalue weighted by molar-refractivity contribution is 0.0930. The van der Waals surface area contributed by atoms with Crippen molar-refractivity contribution in [2.24, 2.45) is 5.92 Å². The number of aliphatic hydroxyl groups is 1. The summed E-state index contributed by atoms with van der Waals surface area (Å²) in [4.78, 5) is 11.8. The predicted molar refractivity (Wildman–Crippen MR) is 143 cm³/mol. The molecule has 14 heteroatoms. The SMILES string of the molecule is CN(c1nc(Nc2nnc(CO)s2)c2ccccc2n1)C1CC2CCCC(C1)N2S(=O)(=O)N1CC(C#N)C1. The van der Waals surface area contributed by atoms with Crippen LogP contribution in [-0.4, -0.2) is 80.6 Å². The second kappa shape index (κ2) is 9.97. The molecule has 2 N–H and O–H groups in total. The third kappa shape index (κ3) is 4.48. The number of benzene rings is 1. The lowest BCUT2D eigenvalue weighted by atomic mass is 9.83. The maximum Gasteiger partial charge on any atom is 0.282 e. The average molecular weight is 556 g/mol. The molecule has 2 aromatic heterocycles. The molecule has 2 unspecified atom stereocenters. The van der Waals surface area contributed by atoms with Gasteiger partial charge in [0.15, 0.2) is 0 Å². The van der Waals surface area contributed by atoms with Crippen molar-refractivity contribution in [1.29, 1.82) is 5.26 Å². The molecule has 3 aliphatic heterocycles. The van der Waals surface area contributed by atoms with Crippen molar-refractivity contribution in [3.8, 4) is 6.07 Å². The van der Waals surface area contributed by atoms with Crippen molar-refractivity contribution in [2.75, 3.05) is 30.4 Å². The van der Waals surface area contributed by atoms with Crippen LogP contribution in [-0.2, 0) is 16.8 Å². The van der Waals surface area contributed by atoms with Gasteiger partial charge < -0.3 is 15.3 Å². The summed E-state index contributed by atoms with van der Waals surface area (Å²) in [5.41, 5.74) is 0.781. The zero-order valence-electron chi connectivity index (χ0n) is 20.9. The van der Waals surface area contributed by atoms with Gasteiger partial charge in [-0.3, -0.25) is 0 Å². The highest BCUT2D eigenvalue weighted by atomic mass is 32.2. The number of aromatic nitrogens is 4. The zero-order chi connectivity index (χ0) is 26.4. The summed E-state index contributed by atoms with van der Waals surface area (Å²) >= 11 is 1.26. The van der Waals surface area contributed by atoms with E-state index in [-0.39, 0.29) is 43.7 Å². The first-order valence-electron chi connectivity index (χ1n) is 12.8. The molecule has 200 valence electrons. The number of fused-ring (bicyclic) bond motifs is 3. The number of hydrogen-bond donors (Lipinski definition) is 2. The Bertz CT molecular complexity index is 1470. The van der Waals surface area contributed by atoms with Gasteiger partial charge in [0, 0.05) is 43.6 Å². The van der Waals surface area contributed by atoms with Crippen LogP contribution >= 0.6 is 11.3 Å². The van der Waals surface area contributed by atoms with Gasteiger partial charge in [-0.2, -0.15) is 27.3 Å². The number of para-hydroxylation sites is 1. The molecule has 0 amide bonds. The highest BCUT2D eigenvalue weighted by Gasteiger charge is 2.50. The van der Waals surface area contributed by atoms with Gasteiger partial charge in [-0.25, -0.2) is 4.98 Å². The largest absolute Gasteiger partial charge is 0.389 e. The molecule has 3 aliphatic rings. The van der Waals surface area contributed by atoms with Gasteiger partial charge in [-0.1, -0.05) is 29.9 Å². The maximum atomic E-state index is 13.4. The summed E-state index contributed by atoms with van der Waals surface area (Å²) in [6.07, 6.45) is 4.04. The number of anilines is 3. The highest BCUT2D eigenvalue weighted by molar-refractivity contribution is 7.86. The summed E-state index contributed by atoms with van der Waals surface area (Å²) < 4.78 is 30.1. The smallest absolute Gasteiger partial charge is 0.282 e. The molecule has 2 bridgehead atoms. The van der Waals surface area contributed by atoms with E-state index in [0.29, 0.717) is 34.7 Å². The summed E-state index contributed by atoms with van der Waals surface area (Å²) in [7, 11) is -1.61. The molecule has 12 nitrogen and oxygen atoms in total. The molecule has 2 atom stereocenters. The van der Waals surface area contributed by atoms with Crippen LogP contribution in [0.15, 0.2) is 24.3 Å². The molecule has 6 rings (SSSR count). The zero-order valence-corrected chi connectivity index (χ0v) is 22.6. The fraction of sp³-hybridized carbons (Fsp3) is 0.542. The number of rotatable bonds is 7. The van der Waals surface area contributed by atoms with Gasteiger partial charge in [0.25, 0.3) is 10.2 Å². The van der Waals surface area contributed by atoms with E-state index in [1.54, 1.807) is 4.31 Å². The molecular formula is C24H29N9O3S2. The van der Waals surface area contributed by atoms with Gasteiger partial charge in [-0.15, -0.1) is 10.2 Å². The van der Waals surface area contributed by atoms with Gasteiger partial charge in [0.2, 0.25) is 11.1 Å². The minimum atomic E-state index is -3.59. The molecule has 0 radical (unpaired) electrons. The number of piperidine rings is 2. The van der Waals surface area contributed by atoms with Crippen LogP contribution in [0.5, 0.6) is 0 Å². The van der Waals surface area contributed by atoms with Crippen LogP contribution in [0.2, 0.25) is 0 Å². The van der Waals surface area contributed by atoms with E-state index in [9.17, 15) is 13.5 Å². The number of nitrogens with one attached hydrogen (secondary N) is 1. The standard InChI is InChI=1S/C24H29N9O3S2/c1-31(18-9-16-5-4-6-17(10-18)33(16)38(35,36)32-12-15(11-25)13-32)23-26-20-8-3-2-7-19(20)22(27-23)28-24-30-29-21(14-34)37-24/h2-3,7-8,15-18,34H,4-6,9-10,12-14H2,1H3,(H,26,27,28,30). The summed E-state index contributed by atoms with van der Waals surface area (Å²) in [5, 5.41) is 31.6. The number of hydrogen-bond acceptors (Lipinski definition) is 11. The van der Waals surface area contributed by atoms with E-state index in [1.807, 2.05) is 31.3 Å². The van der Waals surface area contributed by atoms with Crippen molar-refractivity contribution >= 4 is 49.3 Å².